The Morgan fingerprint density at radius 2 is 2.06 bits per heavy atom. The van der Waals surface area contributed by atoms with Gasteiger partial charge in [0.15, 0.2) is 0 Å². The number of aryl methyl sites for hydroxylation is 1. The van der Waals surface area contributed by atoms with Gasteiger partial charge in [-0.3, -0.25) is 4.79 Å². The number of fused-ring (bicyclic) bond motifs is 1. The van der Waals surface area contributed by atoms with Crippen LogP contribution in [0.25, 0.3) is 16.6 Å². The van der Waals surface area contributed by atoms with Crippen molar-refractivity contribution in [2.75, 3.05) is 31.5 Å². The normalized spacial score (nSPS) is 14.0. The largest absolute Gasteiger partial charge is 0.369 e. The number of carbonyl (C=O) groups is 1. The smallest absolute Gasteiger partial charge is 0.222 e. The van der Waals surface area contributed by atoms with Gasteiger partial charge in [-0.15, -0.1) is 0 Å². The SMILES string of the molecule is CCCNc1nc(C)nc2cc(-n3ccc(CNCCCN4CCCC4=O)c3)ccc12. The predicted octanol–water partition coefficient (Wildman–Crippen LogP) is 3.65. The fourth-order valence-electron chi connectivity index (χ4n) is 4.05. The number of carbonyl (C=O) groups excluding carboxylic acids is 1. The molecule has 1 aliphatic heterocycles. The van der Waals surface area contributed by atoms with Gasteiger partial charge in [0.2, 0.25) is 5.91 Å². The first-order chi connectivity index (χ1) is 15.1. The fraction of sp³-hybridized carbons (Fsp3) is 0.458. The molecule has 7 nitrogen and oxygen atoms in total. The van der Waals surface area contributed by atoms with Crippen LogP contribution >= 0.6 is 0 Å². The molecule has 2 aromatic heterocycles. The van der Waals surface area contributed by atoms with Crippen molar-refractivity contribution < 1.29 is 4.79 Å². The summed E-state index contributed by atoms with van der Waals surface area (Å²) >= 11 is 0. The molecular formula is C24H32N6O. The van der Waals surface area contributed by atoms with Crippen LogP contribution in [0.5, 0.6) is 0 Å². The van der Waals surface area contributed by atoms with Crippen LogP contribution in [-0.2, 0) is 11.3 Å². The van der Waals surface area contributed by atoms with E-state index in [1.54, 1.807) is 0 Å². The molecule has 0 unspecified atom stereocenters. The molecule has 0 atom stereocenters. The van der Waals surface area contributed by atoms with Crippen LogP contribution in [0, 0.1) is 6.92 Å². The molecule has 31 heavy (non-hydrogen) atoms. The minimum atomic E-state index is 0.307. The monoisotopic (exact) mass is 420 g/mol. The van der Waals surface area contributed by atoms with E-state index >= 15 is 0 Å². The van der Waals surface area contributed by atoms with Crippen LogP contribution in [0.3, 0.4) is 0 Å². The predicted molar refractivity (Wildman–Crippen MR) is 125 cm³/mol. The Morgan fingerprint density at radius 3 is 2.87 bits per heavy atom. The van der Waals surface area contributed by atoms with Gasteiger partial charge >= 0.3 is 0 Å². The third kappa shape index (κ3) is 5.22. The summed E-state index contributed by atoms with van der Waals surface area (Å²) in [5.41, 5.74) is 3.28. The molecule has 0 radical (unpaired) electrons. The second kappa shape index (κ2) is 9.92. The molecule has 164 valence electrons. The zero-order valence-corrected chi connectivity index (χ0v) is 18.5. The second-order valence-electron chi connectivity index (χ2n) is 8.19. The van der Waals surface area contributed by atoms with E-state index in [4.69, 9.17) is 0 Å². The Labute approximate surface area is 183 Å². The molecule has 0 aliphatic carbocycles. The summed E-state index contributed by atoms with van der Waals surface area (Å²) < 4.78 is 2.13. The average Bonchev–Trinajstić information content (AvgIpc) is 3.40. The number of nitrogens with zero attached hydrogens (tertiary/aromatic N) is 4. The number of anilines is 1. The second-order valence-corrected chi connectivity index (χ2v) is 8.19. The van der Waals surface area contributed by atoms with E-state index in [2.05, 4.69) is 68.8 Å². The van der Waals surface area contributed by atoms with Crippen molar-refractivity contribution >= 4 is 22.6 Å². The van der Waals surface area contributed by atoms with Crippen LogP contribution in [-0.4, -0.2) is 51.5 Å². The Hall–Kier alpha value is -2.93. The molecule has 1 fully saturated rings. The van der Waals surface area contributed by atoms with E-state index in [0.717, 1.165) is 86.6 Å². The van der Waals surface area contributed by atoms with Crippen molar-refractivity contribution in [1.29, 1.82) is 0 Å². The number of benzene rings is 1. The van der Waals surface area contributed by atoms with Crippen LogP contribution in [0.4, 0.5) is 5.82 Å². The highest BCUT2D eigenvalue weighted by Crippen LogP contribution is 2.23. The summed E-state index contributed by atoms with van der Waals surface area (Å²) in [7, 11) is 0. The van der Waals surface area contributed by atoms with Crippen molar-refractivity contribution in [3.05, 3.63) is 48.0 Å². The Balaban J connectivity index is 1.36. The lowest BCUT2D eigenvalue weighted by molar-refractivity contribution is -0.127. The summed E-state index contributed by atoms with van der Waals surface area (Å²) in [6, 6.07) is 8.47. The maximum Gasteiger partial charge on any atom is 0.222 e. The fourth-order valence-corrected chi connectivity index (χ4v) is 4.05. The van der Waals surface area contributed by atoms with Crippen molar-refractivity contribution in [2.45, 2.75) is 46.1 Å². The summed E-state index contributed by atoms with van der Waals surface area (Å²) in [4.78, 5) is 22.8. The number of hydrogen-bond acceptors (Lipinski definition) is 5. The van der Waals surface area contributed by atoms with Crippen molar-refractivity contribution in [3.63, 3.8) is 0 Å². The van der Waals surface area contributed by atoms with Gasteiger partial charge in [-0.25, -0.2) is 9.97 Å². The van der Waals surface area contributed by atoms with Crippen LogP contribution in [0.2, 0.25) is 0 Å². The minimum absolute atomic E-state index is 0.307. The molecule has 0 spiro atoms. The number of likely N-dealkylation sites (tertiary alicyclic amines) is 1. The van der Waals surface area contributed by atoms with Gasteiger partial charge in [0.1, 0.15) is 11.6 Å². The first kappa shape index (κ1) is 21.3. The molecule has 1 amide bonds. The van der Waals surface area contributed by atoms with Crippen LogP contribution < -0.4 is 10.6 Å². The molecular weight excluding hydrogens is 388 g/mol. The van der Waals surface area contributed by atoms with Crippen LogP contribution in [0.15, 0.2) is 36.7 Å². The van der Waals surface area contributed by atoms with Crippen LogP contribution in [0.1, 0.15) is 44.0 Å². The highest BCUT2D eigenvalue weighted by Gasteiger charge is 2.18. The Kier molecular flexibility index (Phi) is 6.82. The van der Waals surface area contributed by atoms with Gasteiger partial charge < -0.3 is 20.1 Å². The van der Waals surface area contributed by atoms with Crippen molar-refractivity contribution in [1.82, 2.24) is 24.8 Å². The standard InChI is InChI=1S/C24H32N6O/c1-3-10-26-24-21-8-7-20(15-22(21)27-18(2)28-24)30-14-9-19(17-30)16-25-11-5-13-29-12-4-6-23(29)31/h7-9,14-15,17,25H,3-6,10-13,16H2,1-2H3,(H,26,27,28). The van der Waals surface area contributed by atoms with E-state index in [-0.39, 0.29) is 0 Å². The third-order valence-corrected chi connectivity index (χ3v) is 5.67. The average molecular weight is 421 g/mol. The van der Waals surface area contributed by atoms with Gasteiger partial charge in [-0.1, -0.05) is 6.92 Å². The van der Waals surface area contributed by atoms with E-state index in [1.807, 2.05) is 11.8 Å². The van der Waals surface area contributed by atoms with Gasteiger partial charge in [-0.2, -0.15) is 0 Å². The molecule has 3 heterocycles. The number of hydrogen-bond donors (Lipinski definition) is 2. The van der Waals surface area contributed by atoms with E-state index < -0.39 is 0 Å². The Morgan fingerprint density at radius 1 is 1.16 bits per heavy atom. The van der Waals surface area contributed by atoms with Gasteiger partial charge in [-0.05, 0) is 62.6 Å². The number of amides is 1. The zero-order chi connectivity index (χ0) is 21.6. The maximum atomic E-state index is 11.7. The first-order valence-corrected chi connectivity index (χ1v) is 11.3. The minimum Gasteiger partial charge on any atom is -0.369 e. The van der Waals surface area contributed by atoms with Gasteiger partial charge in [0, 0.05) is 56.1 Å². The summed E-state index contributed by atoms with van der Waals surface area (Å²) in [6.07, 6.45) is 8.02. The summed E-state index contributed by atoms with van der Waals surface area (Å²) in [6.45, 7) is 8.50. The van der Waals surface area contributed by atoms with Crippen molar-refractivity contribution in [3.8, 4) is 5.69 Å². The molecule has 1 saturated heterocycles. The summed E-state index contributed by atoms with van der Waals surface area (Å²) in [5.74, 6) is 1.99. The van der Waals surface area contributed by atoms with E-state index in [9.17, 15) is 4.79 Å². The lowest BCUT2D eigenvalue weighted by atomic mass is 10.2. The molecule has 0 bridgehead atoms. The molecule has 1 aliphatic rings. The molecule has 2 N–H and O–H groups in total. The van der Waals surface area contributed by atoms with Gasteiger partial charge in [0.05, 0.1) is 5.52 Å². The maximum absolute atomic E-state index is 11.7. The molecule has 3 aromatic rings. The topological polar surface area (TPSA) is 75.1 Å². The Bertz CT molecular complexity index is 1040. The number of aromatic nitrogens is 3. The van der Waals surface area contributed by atoms with Crippen molar-refractivity contribution in [2.24, 2.45) is 0 Å². The third-order valence-electron chi connectivity index (χ3n) is 5.67. The van der Waals surface area contributed by atoms with E-state index in [0.29, 0.717) is 5.91 Å². The molecule has 0 saturated carbocycles. The van der Waals surface area contributed by atoms with Gasteiger partial charge in [0.25, 0.3) is 0 Å². The van der Waals surface area contributed by atoms with E-state index in [1.165, 1.54) is 5.56 Å². The first-order valence-electron chi connectivity index (χ1n) is 11.3. The highest BCUT2D eigenvalue weighted by molar-refractivity contribution is 5.90. The molecule has 7 heteroatoms. The highest BCUT2D eigenvalue weighted by atomic mass is 16.2. The lowest BCUT2D eigenvalue weighted by Crippen LogP contribution is -2.28. The summed E-state index contributed by atoms with van der Waals surface area (Å²) in [5, 5.41) is 7.95. The lowest BCUT2D eigenvalue weighted by Gasteiger charge is -2.15. The molecule has 4 rings (SSSR count). The number of nitrogens with one attached hydrogen (secondary N) is 2. The zero-order valence-electron chi connectivity index (χ0n) is 18.5. The molecule has 1 aromatic carbocycles. The quantitative estimate of drug-likeness (QED) is 0.490. The number of rotatable bonds is 10.